The Balaban J connectivity index is 2.10. The Bertz CT molecular complexity index is 713. The molecule has 2 aromatic rings. The number of anilines is 1. The van der Waals surface area contributed by atoms with E-state index in [-0.39, 0.29) is 5.91 Å². The fourth-order valence-electron chi connectivity index (χ4n) is 2.21. The van der Waals surface area contributed by atoms with Crippen molar-refractivity contribution in [2.75, 3.05) is 25.6 Å². The van der Waals surface area contributed by atoms with Gasteiger partial charge in [0, 0.05) is 17.3 Å². The van der Waals surface area contributed by atoms with Crippen LogP contribution in [0.2, 0.25) is 0 Å². The first-order valence-electron chi connectivity index (χ1n) is 8.38. The van der Waals surface area contributed by atoms with Crippen LogP contribution >= 0.6 is 0 Å². The van der Waals surface area contributed by atoms with Crippen molar-refractivity contribution in [3.05, 3.63) is 48.0 Å². The van der Waals surface area contributed by atoms with E-state index < -0.39 is 0 Å². The quantitative estimate of drug-likeness (QED) is 0.773. The van der Waals surface area contributed by atoms with Crippen LogP contribution in [0, 0.1) is 5.92 Å². The van der Waals surface area contributed by atoms with Gasteiger partial charge in [0.05, 0.1) is 20.3 Å². The summed E-state index contributed by atoms with van der Waals surface area (Å²) in [5.41, 5.74) is 1.17. The average molecular weight is 343 g/mol. The van der Waals surface area contributed by atoms with Gasteiger partial charge in [0.2, 0.25) is 0 Å². The lowest BCUT2D eigenvalue weighted by Gasteiger charge is -2.12. The van der Waals surface area contributed by atoms with Crippen molar-refractivity contribution >= 4 is 11.6 Å². The minimum absolute atomic E-state index is 0.207. The van der Waals surface area contributed by atoms with Gasteiger partial charge in [0.15, 0.2) is 11.5 Å². The normalized spacial score (nSPS) is 10.4. The van der Waals surface area contributed by atoms with Crippen molar-refractivity contribution in [3.63, 3.8) is 0 Å². The van der Waals surface area contributed by atoms with Crippen LogP contribution < -0.4 is 19.5 Å². The zero-order chi connectivity index (χ0) is 18.2. The third-order valence-electron chi connectivity index (χ3n) is 3.40. The number of amides is 1. The Labute approximate surface area is 148 Å². The van der Waals surface area contributed by atoms with E-state index in [4.69, 9.17) is 14.2 Å². The van der Waals surface area contributed by atoms with E-state index in [2.05, 4.69) is 19.2 Å². The van der Waals surface area contributed by atoms with Crippen LogP contribution in [0.25, 0.3) is 0 Å². The summed E-state index contributed by atoms with van der Waals surface area (Å²) >= 11 is 0. The van der Waals surface area contributed by atoms with E-state index in [0.717, 1.165) is 0 Å². The van der Waals surface area contributed by atoms with Gasteiger partial charge in [-0.2, -0.15) is 0 Å². The smallest absolute Gasteiger partial charge is 0.255 e. The predicted molar refractivity (Wildman–Crippen MR) is 98.9 cm³/mol. The highest BCUT2D eigenvalue weighted by atomic mass is 16.5. The summed E-state index contributed by atoms with van der Waals surface area (Å²) in [5, 5.41) is 2.86. The highest BCUT2D eigenvalue weighted by molar-refractivity contribution is 6.04. The second-order valence-corrected chi connectivity index (χ2v) is 5.99. The molecule has 0 saturated heterocycles. The van der Waals surface area contributed by atoms with Gasteiger partial charge in [-0.15, -0.1) is 0 Å². The van der Waals surface area contributed by atoms with Gasteiger partial charge in [-0.05, 0) is 43.2 Å². The first kappa shape index (κ1) is 18.6. The third-order valence-corrected chi connectivity index (χ3v) is 3.40. The molecule has 0 aliphatic rings. The standard InChI is InChI=1S/C20H25NO4/c1-5-24-18-10-9-16(12-19(18)23-4)21-20(22)15-7-6-8-17(11-15)25-13-14(2)3/h6-12,14H,5,13H2,1-4H3,(H,21,22). The number of rotatable bonds is 8. The second-order valence-electron chi connectivity index (χ2n) is 5.99. The minimum atomic E-state index is -0.207. The van der Waals surface area contributed by atoms with E-state index >= 15 is 0 Å². The summed E-state index contributed by atoms with van der Waals surface area (Å²) < 4.78 is 16.5. The van der Waals surface area contributed by atoms with Crippen LogP contribution in [0.1, 0.15) is 31.1 Å². The summed E-state index contributed by atoms with van der Waals surface area (Å²) in [6.45, 7) is 7.22. The van der Waals surface area contributed by atoms with Crippen molar-refractivity contribution in [3.8, 4) is 17.2 Å². The number of carbonyl (C=O) groups is 1. The Morgan fingerprint density at radius 3 is 2.56 bits per heavy atom. The van der Waals surface area contributed by atoms with E-state index in [9.17, 15) is 4.79 Å². The Hall–Kier alpha value is -2.69. The number of benzene rings is 2. The van der Waals surface area contributed by atoms with E-state index in [0.29, 0.717) is 47.6 Å². The number of carbonyl (C=O) groups excluding carboxylic acids is 1. The second kappa shape index (κ2) is 8.97. The van der Waals surface area contributed by atoms with Crippen molar-refractivity contribution in [2.24, 2.45) is 5.92 Å². The average Bonchev–Trinajstić information content (AvgIpc) is 2.61. The number of hydrogen-bond acceptors (Lipinski definition) is 4. The largest absolute Gasteiger partial charge is 0.493 e. The van der Waals surface area contributed by atoms with Gasteiger partial charge in [-0.25, -0.2) is 0 Å². The van der Waals surface area contributed by atoms with E-state index in [1.54, 1.807) is 37.4 Å². The molecule has 0 saturated carbocycles. The fourth-order valence-corrected chi connectivity index (χ4v) is 2.21. The van der Waals surface area contributed by atoms with Gasteiger partial charge in [0.25, 0.3) is 5.91 Å². The first-order chi connectivity index (χ1) is 12.0. The molecule has 0 spiro atoms. The highest BCUT2D eigenvalue weighted by Gasteiger charge is 2.10. The molecule has 0 unspecified atom stereocenters. The number of methoxy groups -OCH3 is 1. The summed E-state index contributed by atoms with van der Waals surface area (Å²) in [5.74, 6) is 2.13. The van der Waals surface area contributed by atoms with Crippen LogP contribution in [0.15, 0.2) is 42.5 Å². The molecule has 1 amide bonds. The molecule has 1 N–H and O–H groups in total. The Kier molecular flexibility index (Phi) is 6.69. The van der Waals surface area contributed by atoms with Crippen LogP contribution in [0.3, 0.4) is 0 Å². The molecule has 0 aliphatic heterocycles. The molecule has 2 rings (SSSR count). The fraction of sp³-hybridized carbons (Fsp3) is 0.350. The number of hydrogen-bond donors (Lipinski definition) is 1. The molecule has 5 nitrogen and oxygen atoms in total. The summed E-state index contributed by atoms with van der Waals surface area (Å²) in [6, 6.07) is 12.4. The SMILES string of the molecule is CCOc1ccc(NC(=O)c2cccc(OCC(C)C)c2)cc1OC. The zero-order valence-electron chi connectivity index (χ0n) is 15.2. The predicted octanol–water partition coefficient (Wildman–Crippen LogP) is 4.38. The van der Waals surface area contributed by atoms with Crippen LogP contribution in [-0.2, 0) is 0 Å². The van der Waals surface area contributed by atoms with E-state index in [1.807, 2.05) is 19.1 Å². The molecule has 0 heterocycles. The van der Waals surface area contributed by atoms with Crippen molar-refractivity contribution in [1.29, 1.82) is 0 Å². The van der Waals surface area contributed by atoms with E-state index in [1.165, 1.54) is 0 Å². The van der Waals surface area contributed by atoms with Crippen molar-refractivity contribution in [1.82, 2.24) is 0 Å². The van der Waals surface area contributed by atoms with Crippen LogP contribution in [0.5, 0.6) is 17.2 Å². The van der Waals surface area contributed by atoms with Gasteiger partial charge in [0.1, 0.15) is 5.75 Å². The molecule has 0 aliphatic carbocycles. The minimum Gasteiger partial charge on any atom is -0.493 e. The monoisotopic (exact) mass is 343 g/mol. The molecular formula is C20H25NO4. The molecule has 0 aromatic heterocycles. The van der Waals surface area contributed by atoms with Gasteiger partial charge >= 0.3 is 0 Å². The number of nitrogens with one attached hydrogen (secondary N) is 1. The maximum Gasteiger partial charge on any atom is 0.255 e. The lowest BCUT2D eigenvalue weighted by molar-refractivity contribution is 0.102. The lowest BCUT2D eigenvalue weighted by atomic mass is 10.2. The van der Waals surface area contributed by atoms with Gasteiger partial charge in [-0.3, -0.25) is 4.79 Å². The first-order valence-corrected chi connectivity index (χ1v) is 8.38. The van der Waals surface area contributed by atoms with Crippen LogP contribution in [0.4, 0.5) is 5.69 Å². The Morgan fingerprint density at radius 1 is 1.08 bits per heavy atom. The topological polar surface area (TPSA) is 56.8 Å². The maximum atomic E-state index is 12.5. The summed E-state index contributed by atoms with van der Waals surface area (Å²) in [4.78, 5) is 12.5. The third kappa shape index (κ3) is 5.41. The maximum absolute atomic E-state index is 12.5. The summed E-state index contributed by atoms with van der Waals surface area (Å²) in [7, 11) is 1.57. The molecule has 0 bridgehead atoms. The highest BCUT2D eigenvalue weighted by Crippen LogP contribution is 2.30. The van der Waals surface area contributed by atoms with Gasteiger partial charge in [-0.1, -0.05) is 19.9 Å². The van der Waals surface area contributed by atoms with Crippen molar-refractivity contribution < 1.29 is 19.0 Å². The number of ether oxygens (including phenoxy) is 3. The lowest BCUT2D eigenvalue weighted by Crippen LogP contribution is -2.12. The zero-order valence-corrected chi connectivity index (χ0v) is 15.2. The van der Waals surface area contributed by atoms with Gasteiger partial charge < -0.3 is 19.5 Å². The summed E-state index contributed by atoms with van der Waals surface area (Å²) in [6.07, 6.45) is 0. The molecule has 25 heavy (non-hydrogen) atoms. The van der Waals surface area contributed by atoms with Crippen molar-refractivity contribution in [2.45, 2.75) is 20.8 Å². The Morgan fingerprint density at radius 2 is 1.88 bits per heavy atom. The molecule has 134 valence electrons. The molecule has 0 radical (unpaired) electrons. The van der Waals surface area contributed by atoms with Crippen LogP contribution in [-0.4, -0.2) is 26.2 Å². The molecular weight excluding hydrogens is 318 g/mol. The molecule has 2 aromatic carbocycles. The molecule has 0 fully saturated rings. The molecule has 0 atom stereocenters. The molecule has 5 heteroatoms.